The minimum Gasteiger partial charge on any atom is -0.493 e. The molecule has 0 atom stereocenters. The van der Waals surface area contributed by atoms with Crippen LogP contribution in [-0.4, -0.2) is 25.4 Å². The Morgan fingerprint density at radius 2 is 1.79 bits per heavy atom. The highest BCUT2D eigenvalue weighted by Gasteiger charge is 2.42. The number of hydrogen-bond acceptors (Lipinski definition) is 5. The van der Waals surface area contributed by atoms with Crippen LogP contribution in [0.3, 0.4) is 0 Å². The maximum Gasteiger partial charge on any atom is 0.387 e. The second-order valence-electron chi connectivity index (χ2n) is 7.04. The molecule has 0 unspecified atom stereocenters. The van der Waals surface area contributed by atoms with Gasteiger partial charge in [0.1, 0.15) is 0 Å². The molecular weight excluding hydrogens is 384 g/mol. The summed E-state index contributed by atoms with van der Waals surface area (Å²) in [7, 11) is 1.31. The predicted molar refractivity (Wildman–Crippen MR) is 101 cm³/mol. The van der Waals surface area contributed by atoms with E-state index < -0.39 is 18.3 Å². The quantitative estimate of drug-likeness (QED) is 0.760. The molecule has 1 aliphatic carbocycles. The molecule has 1 heterocycles. The molecule has 1 amide bonds. The first kappa shape index (κ1) is 19.3. The van der Waals surface area contributed by atoms with Crippen molar-refractivity contribution in [1.82, 2.24) is 0 Å². The molecule has 2 aliphatic rings. The molecule has 0 aromatic heterocycles. The molecule has 2 aromatic carbocycles. The van der Waals surface area contributed by atoms with E-state index in [1.54, 1.807) is 18.2 Å². The van der Waals surface area contributed by atoms with Crippen LogP contribution in [-0.2, 0) is 0 Å². The van der Waals surface area contributed by atoms with Crippen LogP contribution in [0.25, 0.3) is 0 Å². The van der Waals surface area contributed by atoms with Crippen molar-refractivity contribution in [3.05, 3.63) is 42.0 Å². The topological polar surface area (TPSA) is 66.0 Å². The smallest absolute Gasteiger partial charge is 0.387 e. The first-order chi connectivity index (χ1) is 14.0. The highest BCUT2D eigenvalue weighted by atomic mass is 19.3. The monoisotopic (exact) mass is 405 g/mol. The third-order valence-electron chi connectivity index (χ3n) is 5.05. The van der Waals surface area contributed by atoms with E-state index in [0.717, 1.165) is 25.7 Å². The molecule has 1 aliphatic heterocycles. The van der Waals surface area contributed by atoms with E-state index in [1.165, 1.54) is 31.7 Å². The number of methoxy groups -OCH3 is 1. The van der Waals surface area contributed by atoms with Gasteiger partial charge in [0.05, 0.1) is 7.11 Å². The molecule has 29 heavy (non-hydrogen) atoms. The normalized spacial score (nSPS) is 16.7. The van der Waals surface area contributed by atoms with Crippen molar-refractivity contribution in [1.29, 1.82) is 0 Å². The molecule has 1 spiro atoms. The van der Waals surface area contributed by atoms with Crippen LogP contribution < -0.4 is 24.3 Å². The van der Waals surface area contributed by atoms with E-state index in [4.69, 9.17) is 14.2 Å². The highest BCUT2D eigenvalue weighted by molar-refractivity contribution is 6.04. The summed E-state index contributed by atoms with van der Waals surface area (Å²) in [5.41, 5.74) is 0.780. The molecule has 154 valence electrons. The van der Waals surface area contributed by atoms with Gasteiger partial charge in [-0.05, 0) is 43.2 Å². The number of nitrogens with one attached hydrogen (secondary N) is 1. The van der Waals surface area contributed by atoms with Gasteiger partial charge in [-0.3, -0.25) is 4.79 Å². The molecule has 0 saturated heterocycles. The number of benzene rings is 2. The molecule has 0 radical (unpaired) electrons. The number of amides is 1. The number of carbonyl (C=O) groups is 1. The average molecular weight is 405 g/mol. The lowest BCUT2D eigenvalue weighted by atomic mass is 9.94. The number of carbonyl (C=O) groups excluding carboxylic acids is 1. The Bertz CT molecular complexity index is 912. The zero-order valence-electron chi connectivity index (χ0n) is 15.9. The Kier molecular flexibility index (Phi) is 5.17. The second-order valence-corrected chi connectivity index (χ2v) is 7.04. The van der Waals surface area contributed by atoms with E-state index in [0.29, 0.717) is 17.2 Å². The fourth-order valence-corrected chi connectivity index (χ4v) is 3.67. The van der Waals surface area contributed by atoms with Crippen molar-refractivity contribution in [3.63, 3.8) is 0 Å². The minimum absolute atomic E-state index is 0.0443. The van der Waals surface area contributed by atoms with E-state index in [9.17, 15) is 13.6 Å². The molecule has 4 rings (SSSR count). The molecule has 6 nitrogen and oxygen atoms in total. The summed E-state index contributed by atoms with van der Waals surface area (Å²) >= 11 is 0. The lowest BCUT2D eigenvalue weighted by Crippen LogP contribution is -2.40. The van der Waals surface area contributed by atoms with Gasteiger partial charge in [0.15, 0.2) is 23.0 Å². The molecule has 2 aromatic rings. The van der Waals surface area contributed by atoms with Gasteiger partial charge in [0, 0.05) is 30.2 Å². The van der Waals surface area contributed by atoms with Gasteiger partial charge >= 0.3 is 6.61 Å². The van der Waals surface area contributed by atoms with Crippen LogP contribution in [0.1, 0.15) is 42.5 Å². The Balaban J connectivity index is 1.48. The number of hydrogen-bond donors (Lipinski definition) is 1. The Hall–Kier alpha value is -3.03. The third kappa shape index (κ3) is 4.06. The molecule has 8 heteroatoms. The van der Waals surface area contributed by atoms with Crippen LogP contribution in [0, 0.1) is 0 Å². The number of anilines is 1. The van der Waals surface area contributed by atoms with Crippen molar-refractivity contribution in [3.8, 4) is 23.0 Å². The number of ether oxygens (including phenoxy) is 4. The van der Waals surface area contributed by atoms with Gasteiger partial charge in [0.25, 0.3) is 11.7 Å². The number of fused-ring (bicyclic) bond motifs is 1. The van der Waals surface area contributed by atoms with Crippen molar-refractivity contribution < 1.29 is 32.5 Å². The first-order valence-corrected chi connectivity index (χ1v) is 9.44. The van der Waals surface area contributed by atoms with Crippen LogP contribution in [0.15, 0.2) is 36.4 Å². The molecule has 1 fully saturated rings. The zero-order chi connectivity index (χ0) is 20.4. The van der Waals surface area contributed by atoms with Crippen LogP contribution >= 0.6 is 0 Å². The van der Waals surface area contributed by atoms with Gasteiger partial charge in [-0.2, -0.15) is 8.78 Å². The maximum atomic E-state index is 12.6. The average Bonchev–Trinajstić information content (AvgIpc) is 3.04. The van der Waals surface area contributed by atoms with E-state index in [2.05, 4.69) is 10.1 Å². The molecule has 1 N–H and O–H groups in total. The Morgan fingerprint density at radius 3 is 2.52 bits per heavy atom. The summed E-state index contributed by atoms with van der Waals surface area (Å²) in [5.74, 6) is 0.167. The van der Waals surface area contributed by atoms with Crippen molar-refractivity contribution in [2.24, 2.45) is 0 Å². The lowest BCUT2D eigenvalue weighted by molar-refractivity contribution is -0.105. The molecule has 0 bridgehead atoms. The maximum absolute atomic E-state index is 12.6. The minimum atomic E-state index is -2.98. The SMILES string of the molecule is COc1cc(C(=O)Nc2ccc3c(c2)OC2(CCCCC2)O3)ccc1OC(F)F. The Labute approximate surface area is 166 Å². The van der Waals surface area contributed by atoms with Gasteiger partial charge in [-0.1, -0.05) is 6.42 Å². The summed E-state index contributed by atoms with van der Waals surface area (Å²) in [6, 6.07) is 9.23. The van der Waals surface area contributed by atoms with E-state index in [-0.39, 0.29) is 17.1 Å². The van der Waals surface area contributed by atoms with Crippen LogP contribution in [0.2, 0.25) is 0 Å². The lowest BCUT2D eigenvalue weighted by Gasteiger charge is -2.31. The Morgan fingerprint density at radius 1 is 1.03 bits per heavy atom. The van der Waals surface area contributed by atoms with E-state index >= 15 is 0 Å². The van der Waals surface area contributed by atoms with Crippen molar-refractivity contribution >= 4 is 11.6 Å². The largest absolute Gasteiger partial charge is 0.493 e. The van der Waals surface area contributed by atoms with Gasteiger partial charge < -0.3 is 24.3 Å². The van der Waals surface area contributed by atoms with Crippen LogP contribution in [0.5, 0.6) is 23.0 Å². The van der Waals surface area contributed by atoms with Gasteiger partial charge in [-0.15, -0.1) is 0 Å². The first-order valence-electron chi connectivity index (χ1n) is 9.44. The predicted octanol–water partition coefficient (Wildman–Crippen LogP) is 4.98. The standard InChI is InChI=1S/C21H21F2NO5/c1-26-17-11-13(5-7-15(17)27-20(22)23)19(25)24-14-6-8-16-18(12-14)29-21(28-16)9-3-2-4-10-21/h5-8,11-12,20H,2-4,9-10H2,1H3,(H,24,25). The van der Waals surface area contributed by atoms with E-state index in [1.807, 2.05) is 0 Å². The number of rotatable bonds is 5. The third-order valence-corrected chi connectivity index (χ3v) is 5.05. The summed E-state index contributed by atoms with van der Waals surface area (Å²) in [5, 5.41) is 2.77. The summed E-state index contributed by atoms with van der Waals surface area (Å²) in [4.78, 5) is 12.6. The highest BCUT2D eigenvalue weighted by Crippen LogP contribution is 2.46. The van der Waals surface area contributed by atoms with Crippen LogP contribution in [0.4, 0.5) is 14.5 Å². The van der Waals surface area contributed by atoms with Crippen molar-refractivity contribution in [2.75, 3.05) is 12.4 Å². The fourth-order valence-electron chi connectivity index (χ4n) is 3.67. The summed E-state index contributed by atoms with van der Waals surface area (Å²) < 4.78 is 46.4. The summed E-state index contributed by atoms with van der Waals surface area (Å²) in [6.07, 6.45) is 4.98. The molecular formula is C21H21F2NO5. The summed E-state index contributed by atoms with van der Waals surface area (Å²) in [6.45, 7) is -2.98. The number of halogens is 2. The molecule has 1 saturated carbocycles. The zero-order valence-corrected chi connectivity index (χ0v) is 15.9. The second kappa shape index (κ2) is 7.77. The van der Waals surface area contributed by atoms with Gasteiger partial charge in [0.2, 0.25) is 0 Å². The number of alkyl halides is 2. The fraction of sp³-hybridized carbons (Fsp3) is 0.381. The van der Waals surface area contributed by atoms with Gasteiger partial charge in [-0.25, -0.2) is 0 Å². The van der Waals surface area contributed by atoms with Crippen molar-refractivity contribution in [2.45, 2.75) is 44.5 Å².